The maximum Gasteiger partial charge on any atom is 0.573 e. The van der Waals surface area contributed by atoms with Crippen molar-refractivity contribution in [2.75, 3.05) is 31.1 Å². The fraction of sp³-hybridized carbons (Fsp3) is 0.357. The highest BCUT2D eigenvalue weighted by atomic mass is 19.4. The second-order valence-electron chi connectivity index (χ2n) is 4.92. The van der Waals surface area contributed by atoms with Crippen LogP contribution in [0.2, 0.25) is 0 Å². The second-order valence-corrected chi connectivity index (χ2v) is 4.92. The molecule has 0 unspecified atom stereocenters. The maximum absolute atomic E-state index is 12.1. The summed E-state index contributed by atoms with van der Waals surface area (Å²) in [6, 6.07) is 5.62. The van der Waals surface area contributed by atoms with Crippen LogP contribution in [0.4, 0.5) is 18.9 Å². The second kappa shape index (κ2) is 5.88. The Kier molecular flexibility index (Phi) is 3.93. The summed E-state index contributed by atoms with van der Waals surface area (Å²) >= 11 is 0. The lowest BCUT2D eigenvalue weighted by Gasteiger charge is -2.27. The zero-order valence-corrected chi connectivity index (χ0v) is 11.7. The number of anilines is 1. The van der Waals surface area contributed by atoms with E-state index in [0.29, 0.717) is 5.69 Å². The van der Waals surface area contributed by atoms with Crippen LogP contribution in [0, 0.1) is 0 Å². The zero-order valence-electron chi connectivity index (χ0n) is 11.7. The van der Waals surface area contributed by atoms with Crippen molar-refractivity contribution in [2.24, 2.45) is 0 Å². The van der Waals surface area contributed by atoms with Crippen molar-refractivity contribution in [2.45, 2.75) is 6.36 Å². The van der Waals surface area contributed by atoms with Crippen LogP contribution < -0.4 is 15.0 Å². The van der Waals surface area contributed by atoms with Gasteiger partial charge >= 0.3 is 6.36 Å². The van der Waals surface area contributed by atoms with Gasteiger partial charge in [-0.25, -0.2) is 4.68 Å². The molecule has 0 amide bonds. The number of piperazine rings is 1. The first kappa shape index (κ1) is 14.7. The molecule has 0 aliphatic carbocycles. The van der Waals surface area contributed by atoms with Crippen LogP contribution in [0.15, 0.2) is 36.7 Å². The van der Waals surface area contributed by atoms with Crippen molar-refractivity contribution >= 4 is 5.69 Å². The van der Waals surface area contributed by atoms with Crippen molar-refractivity contribution in [1.29, 1.82) is 0 Å². The molecule has 1 N–H and O–H groups in total. The van der Waals surface area contributed by atoms with E-state index in [2.05, 4.69) is 20.1 Å². The normalized spacial score (nSPS) is 15.9. The molecule has 3 rings (SSSR count). The first-order valence-electron chi connectivity index (χ1n) is 6.88. The summed E-state index contributed by atoms with van der Waals surface area (Å²) in [4.78, 5) is 2.21. The summed E-state index contributed by atoms with van der Waals surface area (Å²) in [5, 5.41) is 7.53. The molecule has 0 atom stereocenters. The number of halogens is 3. The fourth-order valence-electron chi connectivity index (χ4n) is 2.34. The predicted octanol–water partition coefficient (Wildman–Crippen LogP) is 2.18. The minimum Gasteiger partial charge on any atom is -0.406 e. The van der Waals surface area contributed by atoms with Gasteiger partial charge < -0.3 is 15.0 Å². The smallest absolute Gasteiger partial charge is 0.406 e. The van der Waals surface area contributed by atoms with E-state index in [4.69, 9.17) is 0 Å². The van der Waals surface area contributed by atoms with E-state index in [-0.39, 0.29) is 5.75 Å². The molecule has 0 spiro atoms. The lowest BCUT2D eigenvalue weighted by Crippen LogP contribution is -2.43. The number of nitrogens with one attached hydrogen (secondary N) is 1. The summed E-state index contributed by atoms with van der Waals surface area (Å²) in [5.74, 6) is -0.245. The third-order valence-corrected chi connectivity index (χ3v) is 3.39. The number of aromatic nitrogens is 2. The van der Waals surface area contributed by atoms with Gasteiger partial charge in [0.2, 0.25) is 0 Å². The maximum atomic E-state index is 12.1. The molecule has 1 aliphatic rings. The van der Waals surface area contributed by atoms with Crippen LogP contribution in [0.5, 0.6) is 5.75 Å². The number of alkyl halides is 3. The van der Waals surface area contributed by atoms with Gasteiger partial charge in [0, 0.05) is 26.2 Å². The van der Waals surface area contributed by atoms with E-state index in [1.165, 1.54) is 24.3 Å². The Hall–Kier alpha value is -2.22. The van der Waals surface area contributed by atoms with Gasteiger partial charge in [0.15, 0.2) is 0 Å². The van der Waals surface area contributed by atoms with Crippen LogP contribution in [-0.2, 0) is 0 Å². The van der Waals surface area contributed by atoms with Crippen molar-refractivity contribution in [3.63, 3.8) is 0 Å². The molecule has 1 aromatic carbocycles. The van der Waals surface area contributed by atoms with E-state index >= 15 is 0 Å². The topological polar surface area (TPSA) is 42.3 Å². The van der Waals surface area contributed by atoms with Crippen LogP contribution in [-0.4, -0.2) is 42.3 Å². The van der Waals surface area contributed by atoms with Crippen molar-refractivity contribution in [1.82, 2.24) is 15.1 Å². The summed E-state index contributed by atoms with van der Waals surface area (Å²) < 4.78 is 41.9. The third kappa shape index (κ3) is 3.51. The molecule has 22 heavy (non-hydrogen) atoms. The van der Waals surface area contributed by atoms with Crippen molar-refractivity contribution < 1.29 is 17.9 Å². The van der Waals surface area contributed by atoms with E-state index in [1.807, 2.05) is 6.20 Å². The number of nitrogens with zero attached hydrogens (tertiary/aromatic N) is 3. The predicted molar refractivity (Wildman–Crippen MR) is 75.3 cm³/mol. The quantitative estimate of drug-likeness (QED) is 0.943. The molecule has 1 aliphatic heterocycles. The van der Waals surface area contributed by atoms with Gasteiger partial charge in [0.05, 0.1) is 23.8 Å². The largest absolute Gasteiger partial charge is 0.573 e. The number of hydrogen-bond donors (Lipinski definition) is 1. The van der Waals surface area contributed by atoms with Crippen LogP contribution >= 0.6 is 0 Å². The molecule has 0 radical (unpaired) electrons. The number of ether oxygens (including phenoxy) is 1. The molecular weight excluding hydrogens is 297 g/mol. The summed E-state index contributed by atoms with van der Waals surface area (Å²) in [5.41, 5.74) is 1.67. The van der Waals surface area contributed by atoms with Crippen LogP contribution in [0.25, 0.3) is 5.69 Å². The molecule has 118 valence electrons. The first-order chi connectivity index (χ1) is 10.5. The minimum atomic E-state index is -4.68. The van der Waals surface area contributed by atoms with Gasteiger partial charge in [-0.3, -0.25) is 0 Å². The van der Waals surface area contributed by atoms with Gasteiger partial charge in [-0.05, 0) is 24.3 Å². The monoisotopic (exact) mass is 312 g/mol. The number of rotatable bonds is 3. The van der Waals surface area contributed by atoms with Gasteiger partial charge in [0.25, 0.3) is 0 Å². The van der Waals surface area contributed by atoms with Gasteiger partial charge in [-0.2, -0.15) is 5.10 Å². The molecular formula is C14H15F3N4O. The van der Waals surface area contributed by atoms with Crippen molar-refractivity contribution in [3.05, 3.63) is 36.7 Å². The Labute approximate surface area is 125 Å². The SMILES string of the molecule is FC(F)(F)Oc1ccc(-n2cc(N3CCNCC3)cn2)cc1. The summed E-state index contributed by atoms with van der Waals surface area (Å²) in [7, 11) is 0. The van der Waals surface area contributed by atoms with E-state index in [9.17, 15) is 13.2 Å². The average Bonchev–Trinajstić information content (AvgIpc) is 2.97. The molecule has 0 saturated carbocycles. The molecule has 1 saturated heterocycles. The Bertz CT molecular complexity index is 618. The van der Waals surface area contributed by atoms with E-state index < -0.39 is 6.36 Å². The van der Waals surface area contributed by atoms with Gasteiger partial charge in [-0.15, -0.1) is 13.2 Å². The highest BCUT2D eigenvalue weighted by Gasteiger charge is 2.30. The molecule has 8 heteroatoms. The Balaban J connectivity index is 1.73. The Morgan fingerprint density at radius 2 is 1.73 bits per heavy atom. The minimum absolute atomic E-state index is 0.245. The molecule has 2 heterocycles. The van der Waals surface area contributed by atoms with Crippen LogP contribution in [0.3, 0.4) is 0 Å². The highest BCUT2D eigenvalue weighted by molar-refractivity contribution is 5.46. The van der Waals surface area contributed by atoms with Gasteiger partial charge in [-0.1, -0.05) is 0 Å². The molecule has 1 fully saturated rings. The third-order valence-electron chi connectivity index (χ3n) is 3.39. The Morgan fingerprint density at radius 3 is 2.36 bits per heavy atom. The summed E-state index contributed by atoms with van der Waals surface area (Å²) in [6.45, 7) is 3.66. The lowest BCUT2D eigenvalue weighted by atomic mass is 10.3. The lowest BCUT2D eigenvalue weighted by molar-refractivity contribution is -0.274. The molecule has 1 aromatic heterocycles. The first-order valence-corrected chi connectivity index (χ1v) is 6.88. The number of hydrogen-bond acceptors (Lipinski definition) is 4. The highest BCUT2D eigenvalue weighted by Crippen LogP contribution is 2.24. The zero-order chi connectivity index (χ0) is 15.6. The number of benzene rings is 1. The Morgan fingerprint density at radius 1 is 1.05 bits per heavy atom. The van der Waals surface area contributed by atoms with Crippen molar-refractivity contribution in [3.8, 4) is 11.4 Å². The van der Waals surface area contributed by atoms with E-state index in [0.717, 1.165) is 31.9 Å². The van der Waals surface area contributed by atoms with Crippen LogP contribution in [0.1, 0.15) is 0 Å². The summed E-state index contributed by atoms with van der Waals surface area (Å²) in [6.07, 6.45) is -1.06. The molecule has 2 aromatic rings. The van der Waals surface area contributed by atoms with Gasteiger partial charge in [0.1, 0.15) is 5.75 Å². The molecule has 0 bridgehead atoms. The van der Waals surface area contributed by atoms with E-state index in [1.54, 1.807) is 10.9 Å². The standard InChI is InChI=1S/C14H15F3N4O/c15-14(16,17)22-13-3-1-11(2-4-13)21-10-12(9-19-21)20-7-5-18-6-8-20/h1-4,9-10,18H,5-8H2. The average molecular weight is 312 g/mol. The fourth-order valence-corrected chi connectivity index (χ4v) is 2.34. The molecule has 5 nitrogen and oxygen atoms in total.